The van der Waals surface area contributed by atoms with E-state index < -0.39 is 10.2 Å². The van der Waals surface area contributed by atoms with Gasteiger partial charge in [0.1, 0.15) is 0 Å². The summed E-state index contributed by atoms with van der Waals surface area (Å²) >= 11 is 0. The Balaban J connectivity index is 3.03. The Hall–Kier alpha value is -0.920. The van der Waals surface area contributed by atoms with Gasteiger partial charge in [0.2, 0.25) is 0 Å². The highest BCUT2D eigenvalue weighted by molar-refractivity contribution is 7.87. The molecular formula is C13H26N4O2S. The predicted octanol–water partition coefficient (Wildman–Crippen LogP) is 1.76. The van der Waals surface area contributed by atoms with E-state index in [1.807, 2.05) is 46.2 Å². The smallest absolute Gasteiger partial charge is 0.270 e. The number of aryl methyl sites for hydroxylation is 2. The van der Waals surface area contributed by atoms with Gasteiger partial charge in [0.25, 0.3) is 10.2 Å². The van der Waals surface area contributed by atoms with Crippen molar-refractivity contribution in [2.24, 2.45) is 0 Å². The average molecular weight is 302 g/mol. The molecule has 20 heavy (non-hydrogen) atoms. The van der Waals surface area contributed by atoms with Crippen LogP contribution in [0.25, 0.3) is 0 Å². The van der Waals surface area contributed by atoms with Crippen molar-refractivity contribution in [3.05, 3.63) is 17.0 Å². The Morgan fingerprint density at radius 3 is 2.25 bits per heavy atom. The minimum Gasteiger partial charge on any atom is -0.270 e. The van der Waals surface area contributed by atoms with Crippen LogP contribution >= 0.6 is 0 Å². The molecule has 7 heteroatoms. The van der Waals surface area contributed by atoms with Crippen molar-refractivity contribution in [3.8, 4) is 0 Å². The first-order chi connectivity index (χ1) is 9.11. The third kappa shape index (κ3) is 3.39. The second kappa shape index (κ2) is 6.24. The van der Waals surface area contributed by atoms with Crippen LogP contribution in [0.2, 0.25) is 0 Å². The van der Waals surface area contributed by atoms with Gasteiger partial charge in [-0.1, -0.05) is 0 Å². The summed E-state index contributed by atoms with van der Waals surface area (Å²) in [5, 5.41) is 4.43. The fourth-order valence-electron chi connectivity index (χ4n) is 2.29. The van der Waals surface area contributed by atoms with Crippen LogP contribution in [-0.2, 0) is 16.8 Å². The topological polar surface area (TPSA) is 67.2 Å². The first-order valence-electron chi connectivity index (χ1n) is 6.91. The van der Waals surface area contributed by atoms with Crippen molar-refractivity contribution in [3.63, 3.8) is 0 Å². The first kappa shape index (κ1) is 17.1. The summed E-state index contributed by atoms with van der Waals surface area (Å²) < 4.78 is 30.4. The van der Waals surface area contributed by atoms with Crippen LogP contribution < -0.4 is 4.72 Å². The highest BCUT2D eigenvalue weighted by Gasteiger charge is 2.26. The Morgan fingerprint density at radius 1 is 1.30 bits per heavy atom. The maximum atomic E-state index is 12.2. The van der Waals surface area contributed by atoms with E-state index in [-0.39, 0.29) is 12.1 Å². The van der Waals surface area contributed by atoms with Crippen LogP contribution in [0.3, 0.4) is 0 Å². The molecule has 0 fully saturated rings. The summed E-state index contributed by atoms with van der Waals surface area (Å²) in [6, 6.07) is -0.387. The molecule has 0 aliphatic heterocycles. The van der Waals surface area contributed by atoms with Crippen molar-refractivity contribution < 1.29 is 8.42 Å². The van der Waals surface area contributed by atoms with Crippen LogP contribution in [0, 0.1) is 13.8 Å². The van der Waals surface area contributed by atoms with Crippen molar-refractivity contribution in [2.45, 2.75) is 60.2 Å². The molecule has 1 atom stereocenters. The summed E-state index contributed by atoms with van der Waals surface area (Å²) in [6.07, 6.45) is 0. The standard InChI is InChI=1S/C13H26N4O2S/c1-8-17-12(6)13(10(4)14-17)11(5)15-20(18,19)16(7)9(2)3/h9,11,15H,8H2,1-7H3. The molecule has 0 spiro atoms. The van der Waals surface area contributed by atoms with Crippen molar-refractivity contribution in [2.75, 3.05) is 7.05 Å². The summed E-state index contributed by atoms with van der Waals surface area (Å²) in [4.78, 5) is 0. The quantitative estimate of drug-likeness (QED) is 0.870. The Bertz CT molecular complexity index is 563. The zero-order chi connectivity index (χ0) is 15.7. The number of nitrogens with one attached hydrogen (secondary N) is 1. The van der Waals surface area contributed by atoms with Gasteiger partial charge >= 0.3 is 0 Å². The normalized spacial score (nSPS) is 14.2. The highest BCUT2D eigenvalue weighted by Crippen LogP contribution is 2.22. The van der Waals surface area contributed by atoms with Gasteiger partial charge in [-0.25, -0.2) is 0 Å². The van der Waals surface area contributed by atoms with Gasteiger partial charge in [-0.3, -0.25) is 4.68 Å². The minimum absolute atomic E-state index is 0.0831. The van der Waals surface area contributed by atoms with Crippen molar-refractivity contribution in [1.29, 1.82) is 0 Å². The Kier molecular flexibility index (Phi) is 5.34. The van der Waals surface area contributed by atoms with Crippen LogP contribution in [0.5, 0.6) is 0 Å². The predicted molar refractivity (Wildman–Crippen MR) is 80.7 cm³/mol. The molecule has 0 radical (unpaired) electrons. The van der Waals surface area contributed by atoms with E-state index in [9.17, 15) is 8.42 Å². The van der Waals surface area contributed by atoms with Gasteiger partial charge in [0, 0.05) is 36.9 Å². The molecular weight excluding hydrogens is 276 g/mol. The SMILES string of the molecule is CCn1nc(C)c(C(C)NS(=O)(=O)N(C)C(C)C)c1C. The molecule has 1 rings (SSSR count). The molecule has 1 heterocycles. The van der Waals surface area contributed by atoms with Crippen LogP contribution in [0.4, 0.5) is 0 Å². The molecule has 0 saturated heterocycles. The zero-order valence-corrected chi connectivity index (χ0v) is 14.2. The summed E-state index contributed by atoms with van der Waals surface area (Å²) in [5.41, 5.74) is 2.83. The van der Waals surface area contributed by atoms with Crippen LogP contribution in [-0.4, -0.2) is 35.6 Å². The lowest BCUT2D eigenvalue weighted by atomic mass is 10.1. The lowest BCUT2D eigenvalue weighted by Crippen LogP contribution is -2.42. The summed E-state index contributed by atoms with van der Waals surface area (Å²) in [7, 11) is -1.91. The van der Waals surface area contributed by atoms with Gasteiger partial charge < -0.3 is 0 Å². The second-order valence-electron chi connectivity index (χ2n) is 5.35. The molecule has 116 valence electrons. The highest BCUT2D eigenvalue weighted by atomic mass is 32.2. The third-order valence-corrected chi connectivity index (χ3v) is 5.43. The monoisotopic (exact) mass is 302 g/mol. The fraction of sp³-hybridized carbons (Fsp3) is 0.769. The van der Waals surface area contributed by atoms with Gasteiger partial charge in [0.05, 0.1) is 5.69 Å². The van der Waals surface area contributed by atoms with Gasteiger partial charge in [0.15, 0.2) is 0 Å². The number of aromatic nitrogens is 2. The van der Waals surface area contributed by atoms with E-state index in [1.54, 1.807) is 7.05 Å². The maximum absolute atomic E-state index is 12.2. The lowest BCUT2D eigenvalue weighted by Gasteiger charge is -2.24. The second-order valence-corrected chi connectivity index (χ2v) is 7.12. The average Bonchev–Trinajstić information content (AvgIpc) is 2.62. The molecule has 0 aromatic carbocycles. The van der Waals surface area contributed by atoms with Gasteiger partial charge in [-0.2, -0.15) is 22.5 Å². The van der Waals surface area contributed by atoms with E-state index >= 15 is 0 Å². The third-order valence-electron chi connectivity index (χ3n) is 3.60. The zero-order valence-electron chi connectivity index (χ0n) is 13.4. The number of hydrogen-bond donors (Lipinski definition) is 1. The largest absolute Gasteiger partial charge is 0.279 e. The lowest BCUT2D eigenvalue weighted by molar-refractivity contribution is 0.398. The molecule has 0 aliphatic rings. The van der Waals surface area contributed by atoms with Crippen molar-refractivity contribution in [1.82, 2.24) is 18.8 Å². The maximum Gasteiger partial charge on any atom is 0.279 e. The first-order valence-corrected chi connectivity index (χ1v) is 8.35. The number of rotatable bonds is 6. The molecule has 0 amide bonds. The minimum atomic E-state index is -3.49. The number of nitrogens with zero attached hydrogens (tertiary/aromatic N) is 3. The number of hydrogen-bond acceptors (Lipinski definition) is 3. The van der Waals surface area contributed by atoms with Crippen LogP contribution in [0.15, 0.2) is 0 Å². The molecule has 1 unspecified atom stereocenters. The molecule has 6 nitrogen and oxygen atoms in total. The fourth-order valence-corrected chi connectivity index (χ4v) is 3.57. The summed E-state index contributed by atoms with van der Waals surface area (Å²) in [5.74, 6) is 0. The van der Waals surface area contributed by atoms with E-state index in [4.69, 9.17) is 0 Å². The van der Waals surface area contributed by atoms with E-state index in [0.717, 1.165) is 23.5 Å². The Labute approximate surface area is 122 Å². The van der Waals surface area contributed by atoms with E-state index in [1.165, 1.54) is 4.31 Å². The Morgan fingerprint density at radius 2 is 1.85 bits per heavy atom. The molecule has 1 aromatic rings. The van der Waals surface area contributed by atoms with E-state index in [2.05, 4.69) is 9.82 Å². The van der Waals surface area contributed by atoms with Gasteiger partial charge in [-0.05, 0) is 41.5 Å². The summed E-state index contributed by atoms with van der Waals surface area (Å²) in [6.45, 7) is 12.2. The van der Waals surface area contributed by atoms with Gasteiger partial charge in [-0.15, -0.1) is 0 Å². The molecule has 0 aliphatic carbocycles. The molecule has 0 saturated carbocycles. The van der Waals surface area contributed by atoms with Crippen LogP contribution in [0.1, 0.15) is 50.7 Å². The van der Waals surface area contributed by atoms with E-state index in [0.29, 0.717) is 0 Å². The molecule has 1 N–H and O–H groups in total. The van der Waals surface area contributed by atoms with Crippen molar-refractivity contribution >= 4 is 10.2 Å². The molecule has 1 aromatic heterocycles. The molecule has 0 bridgehead atoms.